The summed E-state index contributed by atoms with van der Waals surface area (Å²) in [6.07, 6.45) is 0.524. The molecule has 0 aromatic heterocycles. The molecule has 1 unspecified atom stereocenters. The average molecular weight is 280 g/mol. The van der Waals surface area contributed by atoms with Gasteiger partial charge in [-0.15, -0.1) is 0 Å². The van der Waals surface area contributed by atoms with E-state index in [1.165, 1.54) is 0 Å². The van der Waals surface area contributed by atoms with Crippen molar-refractivity contribution in [3.63, 3.8) is 0 Å². The minimum Gasteiger partial charge on any atom is -0.379 e. The Labute approximate surface area is 120 Å². The first-order valence-corrected chi connectivity index (χ1v) is 6.80. The Balaban J connectivity index is 2.46. The molecule has 5 nitrogen and oxygen atoms in total. The van der Waals surface area contributed by atoms with Gasteiger partial charge in [0.2, 0.25) is 5.91 Å². The summed E-state index contributed by atoms with van der Waals surface area (Å²) in [7, 11) is 0. The molecule has 20 heavy (non-hydrogen) atoms. The number of amides is 1. The molecule has 0 bridgehead atoms. The van der Waals surface area contributed by atoms with Crippen LogP contribution < -0.4 is 11.5 Å². The van der Waals surface area contributed by atoms with Crippen LogP contribution in [0.4, 0.5) is 0 Å². The van der Waals surface area contributed by atoms with Crippen molar-refractivity contribution in [3.05, 3.63) is 35.9 Å². The van der Waals surface area contributed by atoms with Gasteiger partial charge in [-0.3, -0.25) is 4.79 Å². The second-order valence-corrected chi connectivity index (χ2v) is 4.98. The van der Waals surface area contributed by atoms with Crippen molar-refractivity contribution in [3.8, 4) is 0 Å². The van der Waals surface area contributed by atoms with Crippen LogP contribution >= 0.6 is 0 Å². The molecule has 1 atom stereocenters. The summed E-state index contributed by atoms with van der Waals surface area (Å²) >= 11 is 0. The van der Waals surface area contributed by atoms with Gasteiger partial charge < -0.3 is 20.9 Å². The summed E-state index contributed by atoms with van der Waals surface area (Å²) in [5, 5.41) is 0. The summed E-state index contributed by atoms with van der Waals surface area (Å²) in [5.74, 6) is -0.550. The number of carbonyl (C=O) groups excluding carboxylic acids is 1. The van der Waals surface area contributed by atoms with Gasteiger partial charge in [0.25, 0.3) is 0 Å². The molecule has 0 fully saturated rings. The van der Waals surface area contributed by atoms with Crippen molar-refractivity contribution in [1.29, 1.82) is 0 Å². The van der Waals surface area contributed by atoms with E-state index in [-0.39, 0.29) is 6.10 Å². The van der Waals surface area contributed by atoms with Crippen LogP contribution in [0.15, 0.2) is 30.3 Å². The van der Waals surface area contributed by atoms with Gasteiger partial charge in [-0.05, 0) is 19.4 Å². The molecule has 1 aromatic rings. The van der Waals surface area contributed by atoms with Gasteiger partial charge in [0.05, 0.1) is 19.3 Å². The molecule has 0 radical (unpaired) electrons. The molecular weight excluding hydrogens is 256 g/mol. The predicted molar refractivity (Wildman–Crippen MR) is 78.0 cm³/mol. The molecule has 0 spiro atoms. The van der Waals surface area contributed by atoms with Crippen LogP contribution in [0.3, 0.4) is 0 Å². The molecule has 0 aliphatic rings. The first-order chi connectivity index (χ1) is 9.47. The Morgan fingerprint density at radius 2 is 1.85 bits per heavy atom. The Bertz CT molecular complexity index is 409. The number of carbonyl (C=O) groups is 1. The van der Waals surface area contributed by atoms with E-state index in [4.69, 9.17) is 20.9 Å². The minimum absolute atomic E-state index is 0.183. The highest BCUT2D eigenvalue weighted by atomic mass is 16.5. The summed E-state index contributed by atoms with van der Waals surface area (Å²) in [6, 6.07) is 9.12. The zero-order chi connectivity index (χ0) is 15.0. The van der Waals surface area contributed by atoms with Crippen molar-refractivity contribution in [1.82, 2.24) is 0 Å². The molecule has 0 aliphatic heterocycles. The van der Waals surface area contributed by atoms with Crippen LogP contribution in [-0.4, -0.2) is 31.8 Å². The van der Waals surface area contributed by atoms with Gasteiger partial charge in [-0.2, -0.15) is 0 Å². The molecular formula is C15H24N2O3. The number of rotatable bonds is 9. The number of ether oxygens (including phenoxy) is 2. The van der Waals surface area contributed by atoms with Crippen LogP contribution in [0.1, 0.15) is 25.8 Å². The van der Waals surface area contributed by atoms with E-state index in [1.807, 2.05) is 32.0 Å². The Kier molecular flexibility index (Phi) is 6.64. The Morgan fingerprint density at radius 1 is 1.20 bits per heavy atom. The quantitative estimate of drug-likeness (QED) is 0.664. The second kappa shape index (κ2) is 7.99. The van der Waals surface area contributed by atoms with Crippen molar-refractivity contribution >= 4 is 5.91 Å². The fourth-order valence-electron chi connectivity index (χ4n) is 1.82. The molecule has 4 N–H and O–H groups in total. The smallest absolute Gasteiger partial charge is 0.242 e. The third kappa shape index (κ3) is 4.92. The Hall–Kier alpha value is -1.43. The predicted octanol–water partition coefficient (Wildman–Crippen LogP) is 1.16. The molecule has 5 heteroatoms. The van der Waals surface area contributed by atoms with E-state index in [0.717, 1.165) is 0 Å². The molecule has 1 amide bonds. The monoisotopic (exact) mass is 280 g/mol. The lowest BCUT2D eigenvalue weighted by atomic mass is 9.87. The molecule has 112 valence electrons. The molecule has 1 aromatic carbocycles. The van der Waals surface area contributed by atoms with Crippen molar-refractivity contribution in [2.24, 2.45) is 11.5 Å². The highest BCUT2D eigenvalue weighted by Crippen LogP contribution is 2.21. The van der Waals surface area contributed by atoms with Gasteiger partial charge in [-0.25, -0.2) is 0 Å². The SMILES string of the molecule is CC(C)OCCOCCC(N)(C(N)=O)c1ccccc1. The average Bonchev–Trinajstić information content (AvgIpc) is 2.42. The largest absolute Gasteiger partial charge is 0.379 e. The molecule has 0 saturated carbocycles. The summed E-state index contributed by atoms with van der Waals surface area (Å²) in [6.45, 7) is 5.29. The topological polar surface area (TPSA) is 87.6 Å². The summed E-state index contributed by atoms with van der Waals surface area (Å²) in [5.41, 5.74) is 11.1. The number of primary amides is 1. The fraction of sp³-hybridized carbons (Fsp3) is 0.533. The third-order valence-corrected chi connectivity index (χ3v) is 3.05. The van der Waals surface area contributed by atoms with E-state index in [2.05, 4.69) is 0 Å². The van der Waals surface area contributed by atoms with Gasteiger partial charge >= 0.3 is 0 Å². The van der Waals surface area contributed by atoms with E-state index < -0.39 is 11.4 Å². The number of benzene rings is 1. The van der Waals surface area contributed by atoms with Crippen molar-refractivity contribution in [2.75, 3.05) is 19.8 Å². The number of hydrogen-bond acceptors (Lipinski definition) is 4. The van der Waals surface area contributed by atoms with E-state index in [9.17, 15) is 4.79 Å². The highest BCUT2D eigenvalue weighted by molar-refractivity contribution is 5.85. The van der Waals surface area contributed by atoms with Crippen LogP contribution in [0.5, 0.6) is 0 Å². The van der Waals surface area contributed by atoms with Crippen molar-refractivity contribution < 1.29 is 14.3 Å². The highest BCUT2D eigenvalue weighted by Gasteiger charge is 2.33. The second-order valence-electron chi connectivity index (χ2n) is 4.98. The number of hydrogen-bond donors (Lipinski definition) is 2. The maximum Gasteiger partial charge on any atom is 0.242 e. The van der Waals surface area contributed by atoms with Gasteiger partial charge in [-0.1, -0.05) is 30.3 Å². The van der Waals surface area contributed by atoms with Crippen LogP contribution in [0, 0.1) is 0 Å². The normalized spacial score (nSPS) is 14.2. The lowest BCUT2D eigenvalue weighted by molar-refractivity contribution is -0.124. The minimum atomic E-state index is -1.19. The van der Waals surface area contributed by atoms with E-state index in [0.29, 0.717) is 31.8 Å². The molecule has 0 heterocycles. The van der Waals surface area contributed by atoms with Crippen LogP contribution in [-0.2, 0) is 19.8 Å². The maximum absolute atomic E-state index is 11.6. The molecule has 0 aliphatic carbocycles. The number of nitrogens with two attached hydrogens (primary N) is 2. The molecule has 1 rings (SSSR count). The maximum atomic E-state index is 11.6. The van der Waals surface area contributed by atoms with Gasteiger partial charge in [0.15, 0.2) is 0 Å². The fourth-order valence-corrected chi connectivity index (χ4v) is 1.82. The van der Waals surface area contributed by atoms with E-state index >= 15 is 0 Å². The first-order valence-electron chi connectivity index (χ1n) is 6.80. The summed E-state index contributed by atoms with van der Waals surface area (Å²) in [4.78, 5) is 11.6. The zero-order valence-corrected chi connectivity index (χ0v) is 12.2. The van der Waals surface area contributed by atoms with Gasteiger partial charge in [0.1, 0.15) is 5.54 Å². The van der Waals surface area contributed by atoms with E-state index in [1.54, 1.807) is 12.1 Å². The molecule has 0 saturated heterocycles. The first kappa shape index (κ1) is 16.6. The van der Waals surface area contributed by atoms with Gasteiger partial charge in [0, 0.05) is 13.0 Å². The van der Waals surface area contributed by atoms with Crippen molar-refractivity contribution in [2.45, 2.75) is 31.9 Å². The summed E-state index contributed by atoms with van der Waals surface area (Å²) < 4.78 is 10.8. The third-order valence-electron chi connectivity index (χ3n) is 3.05. The van der Waals surface area contributed by atoms with Crippen LogP contribution in [0.25, 0.3) is 0 Å². The zero-order valence-electron chi connectivity index (χ0n) is 12.2. The lowest BCUT2D eigenvalue weighted by Gasteiger charge is -2.26. The lowest BCUT2D eigenvalue weighted by Crippen LogP contribution is -2.49. The standard InChI is InChI=1S/C15H24N2O3/c1-12(2)20-11-10-19-9-8-15(17,14(16)18)13-6-4-3-5-7-13/h3-7,12H,8-11,17H2,1-2H3,(H2,16,18). The van der Waals surface area contributed by atoms with Crippen LogP contribution in [0.2, 0.25) is 0 Å². The Morgan fingerprint density at radius 3 is 2.40 bits per heavy atom.